The monoisotopic (exact) mass is 491 g/mol. The minimum absolute atomic E-state index is 0.155. The van der Waals surface area contributed by atoms with Crippen molar-refractivity contribution in [2.75, 3.05) is 49.3 Å². The molecule has 5 nitrogen and oxygen atoms in total. The summed E-state index contributed by atoms with van der Waals surface area (Å²) in [6.07, 6.45) is 6.95. The smallest absolute Gasteiger partial charge is 0.330 e. The SMILES string of the molecule is C=CC(=O)OCC(COC(=O)C=C)N(CCCC1CSSC1)CCCC1CSSC1. The molecule has 2 aliphatic rings. The summed E-state index contributed by atoms with van der Waals surface area (Å²) in [6, 6.07) is -0.155. The average molecular weight is 492 g/mol. The minimum atomic E-state index is -0.449. The number of hydrogen-bond acceptors (Lipinski definition) is 9. The molecule has 0 amide bonds. The number of esters is 2. The maximum absolute atomic E-state index is 11.6. The molecule has 0 bridgehead atoms. The molecule has 2 heterocycles. The van der Waals surface area contributed by atoms with Crippen LogP contribution in [0.4, 0.5) is 0 Å². The van der Waals surface area contributed by atoms with E-state index in [1.54, 1.807) is 0 Å². The maximum Gasteiger partial charge on any atom is 0.330 e. The normalized spacial score (nSPS) is 17.5. The van der Waals surface area contributed by atoms with Crippen molar-refractivity contribution >= 4 is 55.1 Å². The van der Waals surface area contributed by atoms with Crippen LogP contribution in [0.1, 0.15) is 25.7 Å². The fourth-order valence-corrected chi connectivity index (χ4v) is 9.44. The topological polar surface area (TPSA) is 55.8 Å². The van der Waals surface area contributed by atoms with Crippen LogP contribution in [0.15, 0.2) is 25.3 Å². The van der Waals surface area contributed by atoms with E-state index in [1.165, 1.54) is 48.0 Å². The number of hydrogen-bond donors (Lipinski definition) is 0. The minimum Gasteiger partial charge on any atom is -0.461 e. The fourth-order valence-electron chi connectivity index (χ4n) is 3.38. The lowest BCUT2D eigenvalue weighted by molar-refractivity contribution is -0.144. The van der Waals surface area contributed by atoms with Gasteiger partial charge >= 0.3 is 11.9 Å². The van der Waals surface area contributed by atoms with Gasteiger partial charge in [-0.2, -0.15) is 0 Å². The lowest BCUT2D eigenvalue weighted by atomic mass is 10.1. The summed E-state index contributed by atoms with van der Waals surface area (Å²) in [4.78, 5) is 25.6. The molecule has 170 valence electrons. The Labute approximate surface area is 196 Å². The Kier molecular flexibility index (Phi) is 13.5. The molecule has 0 unspecified atom stereocenters. The average Bonchev–Trinajstić information content (AvgIpc) is 3.46. The van der Waals surface area contributed by atoms with E-state index in [-0.39, 0.29) is 19.3 Å². The van der Waals surface area contributed by atoms with Crippen LogP contribution in [-0.4, -0.2) is 72.2 Å². The molecule has 0 aliphatic carbocycles. The van der Waals surface area contributed by atoms with Crippen molar-refractivity contribution in [3.05, 3.63) is 25.3 Å². The van der Waals surface area contributed by atoms with Crippen molar-refractivity contribution < 1.29 is 19.1 Å². The second-order valence-corrected chi connectivity index (χ2v) is 12.6. The molecule has 30 heavy (non-hydrogen) atoms. The molecule has 9 heteroatoms. The first-order valence-electron chi connectivity index (χ1n) is 10.4. The van der Waals surface area contributed by atoms with Crippen LogP contribution in [-0.2, 0) is 19.1 Å². The van der Waals surface area contributed by atoms with Gasteiger partial charge in [-0.15, -0.1) is 0 Å². The van der Waals surface area contributed by atoms with E-state index in [9.17, 15) is 9.59 Å². The molecular formula is C21H33NO4S4. The predicted octanol–water partition coefficient (Wildman–Crippen LogP) is 4.70. The summed E-state index contributed by atoms with van der Waals surface area (Å²) in [6.45, 7) is 9.15. The number of ether oxygens (including phenoxy) is 2. The Balaban J connectivity index is 1.92. The molecular weight excluding hydrogens is 459 g/mol. The Morgan fingerprint density at radius 1 is 0.833 bits per heavy atom. The zero-order chi connectivity index (χ0) is 21.6. The number of nitrogens with zero attached hydrogens (tertiary/aromatic N) is 1. The Morgan fingerprint density at radius 2 is 1.23 bits per heavy atom. The van der Waals surface area contributed by atoms with Gasteiger partial charge in [-0.3, -0.25) is 4.90 Å². The molecule has 0 spiro atoms. The zero-order valence-electron chi connectivity index (χ0n) is 17.5. The molecule has 0 saturated carbocycles. The van der Waals surface area contributed by atoms with Gasteiger partial charge in [0.05, 0.1) is 6.04 Å². The quantitative estimate of drug-likeness (QED) is 0.184. The van der Waals surface area contributed by atoms with Crippen LogP contribution < -0.4 is 0 Å². The molecule has 0 aromatic heterocycles. The Morgan fingerprint density at radius 3 is 1.60 bits per heavy atom. The van der Waals surface area contributed by atoms with Crippen LogP contribution in [0, 0.1) is 11.8 Å². The second kappa shape index (κ2) is 15.6. The predicted molar refractivity (Wildman–Crippen MR) is 133 cm³/mol. The fraction of sp³-hybridized carbons (Fsp3) is 0.714. The summed E-state index contributed by atoms with van der Waals surface area (Å²) in [5, 5.41) is 0. The van der Waals surface area contributed by atoms with Crippen molar-refractivity contribution in [1.29, 1.82) is 0 Å². The second-order valence-electron chi connectivity index (χ2n) is 7.51. The van der Waals surface area contributed by atoms with Crippen LogP contribution in [0.5, 0.6) is 0 Å². The van der Waals surface area contributed by atoms with Crippen molar-refractivity contribution in [1.82, 2.24) is 4.90 Å². The lowest BCUT2D eigenvalue weighted by Gasteiger charge is -2.31. The van der Waals surface area contributed by atoms with Gasteiger partial charge in [0.25, 0.3) is 0 Å². The van der Waals surface area contributed by atoms with Gasteiger partial charge in [-0.1, -0.05) is 56.3 Å². The Bertz CT molecular complexity index is 505. The highest BCUT2D eigenvalue weighted by molar-refractivity contribution is 8.77. The number of rotatable bonds is 15. The van der Waals surface area contributed by atoms with Crippen LogP contribution >= 0.6 is 43.2 Å². The van der Waals surface area contributed by atoms with E-state index in [2.05, 4.69) is 18.1 Å². The van der Waals surface area contributed by atoms with Crippen molar-refractivity contribution in [3.8, 4) is 0 Å². The molecule has 2 aliphatic heterocycles. The molecule has 2 fully saturated rings. The summed E-state index contributed by atoms with van der Waals surface area (Å²) in [7, 11) is 7.87. The summed E-state index contributed by atoms with van der Waals surface area (Å²) >= 11 is 0. The highest BCUT2D eigenvalue weighted by Crippen LogP contribution is 2.37. The molecule has 0 radical (unpaired) electrons. The van der Waals surface area contributed by atoms with E-state index in [1.807, 2.05) is 43.2 Å². The third kappa shape index (κ3) is 10.4. The number of carbonyl (C=O) groups excluding carboxylic acids is 2. The molecule has 2 rings (SSSR count). The highest BCUT2D eigenvalue weighted by atomic mass is 33.1. The zero-order valence-corrected chi connectivity index (χ0v) is 20.8. The molecule has 2 saturated heterocycles. The highest BCUT2D eigenvalue weighted by Gasteiger charge is 2.24. The van der Waals surface area contributed by atoms with Crippen molar-refractivity contribution in [2.45, 2.75) is 31.7 Å². The standard InChI is InChI=1S/C21H33NO4S4/c1-3-20(23)25-11-19(12-26-21(24)4-2)22(9-5-7-17-13-27-28-14-17)10-6-8-18-15-29-30-16-18/h3-4,17-19H,1-2,5-16H2. The van der Waals surface area contributed by atoms with E-state index in [0.717, 1.165) is 37.8 Å². The van der Waals surface area contributed by atoms with E-state index in [0.29, 0.717) is 0 Å². The molecule has 0 aromatic carbocycles. The third-order valence-corrected chi connectivity index (χ3v) is 10.6. The Hall–Kier alpha value is -0.220. The van der Waals surface area contributed by atoms with Crippen LogP contribution in [0.2, 0.25) is 0 Å². The van der Waals surface area contributed by atoms with Crippen molar-refractivity contribution in [2.24, 2.45) is 11.8 Å². The van der Waals surface area contributed by atoms with Crippen molar-refractivity contribution in [3.63, 3.8) is 0 Å². The van der Waals surface area contributed by atoms with Gasteiger partial charge in [0, 0.05) is 35.2 Å². The summed E-state index contributed by atoms with van der Waals surface area (Å²) in [5.74, 6) is 5.61. The van der Waals surface area contributed by atoms with Gasteiger partial charge < -0.3 is 9.47 Å². The number of carbonyl (C=O) groups is 2. The van der Waals surface area contributed by atoms with E-state index >= 15 is 0 Å². The molecule has 0 atom stereocenters. The maximum atomic E-state index is 11.6. The first kappa shape index (κ1) is 26.0. The van der Waals surface area contributed by atoms with Crippen LogP contribution in [0.3, 0.4) is 0 Å². The van der Waals surface area contributed by atoms with Gasteiger partial charge in [0.2, 0.25) is 0 Å². The third-order valence-electron chi connectivity index (χ3n) is 5.18. The first-order chi connectivity index (χ1) is 14.6. The van der Waals surface area contributed by atoms with Gasteiger partial charge in [0.15, 0.2) is 0 Å². The van der Waals surface area contributed by atoms with Gasteiger partial charge in [-0.05, 0) is 50.6 Å². The summed E-state index contributed by atoms with van der Waals surface area (Å²) in [5.41, 5.74) is 0. The van der Waals surface area contributed by atoms with Gasteiger partial charge in [-0.25, -0.2) is 9.59 Å². The molecule has 0 aromatic rings. The summed E-state index contributed by atoms with van der Waals surface area (Å²) < 4.78 is 10.7. The first-order valence-corrected chi connectivity index (χ1v) is 15.4. The largest absolute Gasteiger partial charge is 0.461 e. The molecule has 0 N–H and O–H groups in total. The van der Waals surface area contributed by atoms with E-state index < -0.39 is 11.9 Å². The van der Waals surface area contributed by atoms with Crippen LogP contribution in [0.25, 0.3) is 0 Å². The van der Waals surface area contributed by atoms with Gasteiger partial charge in [0.1, 0.15) is 13.2 Å². The lowest BCUT2D eigenvalue weighted by Crippen LogP contribution is -2.44. The van der Waals surface area contributed by atoms with E-state index in [4.69, 9.17) is 9.47 Å².